The number of nitrogens with zero attached hydrogens (tertiary/aromatic N) is 1. The second-order valence-corrected chi connectivity index (χ2v) is 6.31. The largest absolute Gasteiger partial charge is 0.303 e. The smallest absolute Gasteiger partial charge is 0.127 e. The lowest BCUT2D eigenvalue weighted by atomic mass is 9.71. The highest BCUT2D eigenvalue weighted by atomic mass is 16.1. The molecule has 0 radical (unpaired) electrons. The van der Waals surface area contributed by atoms with E-state index in [1.54, 1.807) is 0 Å². The van der Waals surface area contributed by atoms with Gasteiger partial charge in [0, 0.05) is 18.5 Å². The van der Waals surface area contributed by atoms with Crippen LogP contribution in [0.1, 0.15) is 46.0 Å². The molecule has 3 unspecified atom stereocenters. The van der Waals surface area contributed by atoms with E-state index in [0.29, 0.717) is 0 Å². The van der Waals surface area contributed by atoms with Gasteiger partial charge in [0.2, 0.25) is 0 Å². The molecule has 92 valence electrons. The summed E-state index contributed by atoms with van der Waals surface area (Å²) in [6.07, 6.45) is 7.36. The van der Waals surface area contributed by atoms with Crippen LogP contribution in [0.2, 0.25) is 0 Å². The van der Waals surface area contributed by atoms with Crippen molar-refractivity contribution in [2.24, 2.45) is 17.3 Å². The van der Waals surface area contributed by atoms with E-state index in [2.05, 4.69) is 18.7 Å². The SMILES string of the molecule is CC1CCN(CC2(C=O)CCCC(C)C2)C1. The first-order valence-electron chi connectivity index (χ1n) is 6.82. The van der Waals surface area contributed by atoms with E-state index >= 15 is 0 Å². The van der Waals surface area contributed by atoms with E-state index in [-0.39, 0.29) is 5.41 Å². The molecule has 3 atom stereocenters. The zero-order chi connectivity index (χ0) is 11.6. The Morgan fingerprint density at radius 2 is 2.12 bits per heavy atom. The first-order valence-corrected chi connectivity index (χ1v) is 6.82. The van der Waals surface area contributed by atoms with Crippen molar-refractivity contribution in [2.75, 3.05) is 19.6 Å². The van der Waals surface area contributed by atoms with Gasteiger partial charge in [-0.1, -0.05) is 26.7 Å². The van der Waals surface area contributed by atoms with Crippen LogP contribution in [0.4, 0.5) is 0 Å². The van der Waals surface area contributed by atoms with Gasteiger partial charge in [0.05, 0.1) is 0 Å². The van der Waals surface area contributed by atoms with E-state index in [0.717, 1.165) is 31.2 Å². The zero-order valence-corrected chi connectivity index (χ0v) is 10.7. The van der Waals surface area contributed by atoms with Crippen LogP contribution < -0.4 is 0 Å². The highest BCUT2D eigenvalue weighted by Crippen LogP contribution is 2.39. The lowest BCUT2D eigenvalue weighted by molar-refractivity contribution is -0.119. The van der Waals surface area contributed by atoms with Crippen LogP contribution in [0, 0.1) is 17.3 Å². The molecular formula is C14H25NO. The third-order valence-corrected chi connectivity index (χ3v) is 4.42. The fourth-order valence-corrected chi connectivity index (χ4v) is 3.60. The van der Waals surface area contributed by atoms with Gasteiger partial charge in [-0.25, -0.2) is 0 Å². The molecule has 1 saturated heterocycles. The first-order chi connectivity index (χ1) is 7.63. The van der Waals surface area contributed by atoms with Crippen LogP contribution in [0.5, 0.6) is 0 Å². The van der Waals surface area contributed by atoms with Gasteiger partial charge in [-0.3, -0.25) is 0 Å². The van der Waals surface area contributed by atoms with Crippen LogP contribution in [-0.4, -0.2) is 30.8 Å². The average Bonchev–Trinajstić information content (AvgIpc) is 2.64. The van der Waals surface area contributed by atoms with Gasteiger partial charge >= 0.3 is 0 Å². The third kappa shape index (κ3) is 2.65. The topological polar surface area (TPSA) is 20.3 Å². The molecule has 16 heavy (non-hydrogen) atoms. The number of likely N-dealkylation sites (tertiary alicyclic amines) is 1. The van der Waals surface area contributed by atoms with E-state index in [9.17, 15) is 4.79 Å². The molecule has 0 bridgehead atoms. The highest BCUT2D eigenvalue weighted by molar-refractivity contribution is 5.60. The normalized spacial score (nSPS) is 41.1. The Balaban J connectivity index is 1.95. The van der Waals surface area contributed by atoms with Crippen molar-refractivity contribution in [2.45, 2.75) is 46.0 Å². The molecule has 0 amide bonds. The van der Waals surface area contributed by atoms with Gasteiger partial charge in [-0.2, -0.15) is 0 Å². The Bertz CT molecular complexity index is 253. The Morgan fingerprint density at radius 3 is 2.69 bits per heavy atom. The molecule has 0 spiro atoms. The van der Waals surface area contributed by atoms with E-state index in [4.69, 9.17) is 0 Å². The molecule has 2 rings (SSSR count). The quantitative estimate of drug-likeness (QED) is 0.686. The van der Waals surface area contributed by atoms with Crippen molar-refractivity contribution in [1.82, 2.24) is 4.90 Å². The molecule has 0 N–H and O–H groups in total. The number of hydrogen-bond acceptors (Lipinski definition) is 2. The summed E-state index contributed by atoms with van der Waals surface area (Å²) < 4.78 is 0. The second-order valence-electron chi connectivity index (χ2n) is 6.31. The lowest BCUT2D eigenvalue weighted by Crippen LogP contribution is -2.41. The van der Waals surface area contributed by atoms with Gasteiger partial charge in [0.1, 0.15) is 6.29 Å². The third-order valence-electron chi connectivity index (χ3n) is 4.42. The number of carbonyl (C=O) groups is 1. The van der Waals surface area contributed by atoms with Gasteiger partial charge in [-0.05, 0) is 37.6 Å². The maximum Gasteiger partial charge on any atom is 0.127 e. The van der Waals surface area contributed by atoms with Crippen molar-refractivity contribution in [1.29, 1.82) is 0 Å². The van der Waals surface area contributed by atoms with Gasteiger partial charge in [0.25, 0.3) is 0 Å². The number of aldehydes is 1. The number of carbonyl (C=O) groups excluding carboxylic acids is 1. The van der Waals surface area contributed by atoms with Crippen LogP contribution >= 0.6 is 0 Å². The standard InChI is InChI=1S/C14H25NO/c1-12-4-3-6-14(8-12,11-16)10-15-7-5-13(2)9-15/h11-13H,3-10H2,1-2H3. The fraction of sp³-hybridized carbons (Fsp3) is 0.929. The van der Waals surface area contributed by atoms with Crippen molar-refractivity contribution in [3.8, 4) is 0 Å². The average molecular weight is 223 g/mol. The summed E-state index contributed by atoms with van der Waals surface area (Å²) >= 11 is 0. The molecule has 0 aromatic rings. The maximum absolute atomic E-state index is 11.5. The minimum absolute atomic E-state index is 0.0122. The van der Waals surface area contributed by atoms with Gasteiger partial charge in [0.15, 0.2) is 0 Å². The molecule has 1 saturated carbocycles. The lowest BCUT2D eigenvalue weighted by Gasteiger charge is -2.38. The van der Waals surface area contributed by atoms with E-state index < -0.39 is 0 Å². The Labute approximate surface area is 99.4 Å². The minimum atomic E-state index is -0.0122. The molecule has 1 aliphatic heterocycles. The van der Waals surface area contributed by atoms with Crippen LogP contribution in [0.3, 0.4) is 0 Å². The molecule has 2 heteroatoms. The summed E-state index contributed by atoms with van der Waals surface area (Å²) in [5.74, 6) is 1.56. The van der Waals surface area contributed by atoms with Crippen molar-refractivity contribution in [3.63, 3.8) is 0 Å². The van der Waals surface area contributed by atoms with Crippen molar-refractivity contribution in [3.05, 3.63) is 0 Å². The number of hydrogen-bond donors (Lipinski definition) is 0. The fourth-order valence-electron chi connectivity index (χ4n) is 3.60. The highest BCUT2D eigenvalue weighted by Gasteiger charge is 2.37. The predicted octanol–water partition coefficient (Wildman–Crippen LogP) is 2.72. The molecule has 2 fully saturated rings. The van der Waals surface area contributed by atoms with E-state index in [1.807, 2.05) is 0 Å². The number of rotatable bonds is 3. The Kier molecular flexibility index (Phi) is 3.68. The Hall–Kier alpha value is -0.370. The summed E-state index contributed by atoms with van der Waals surface area (Å²) in [4.78, 5) is 14.0. The summed E-state index contributed by atoms with van der Waals surface area (Å²) in [5.41, 5.74) is -0.0122. The van der Waals surface area contributed by atoms with Crippen LogP contribution in [0.25, 0.3) is 0 Å². The molecule has 2 aliphatic rings. The molecular weight excluding hydrogens is 198 g/mol. The molecule has 1 heterocycles. The molecule has 0 aromatic carbocycles. The van der Waals surface area contributed by atoms with E-state index in [1.165, 1.54) is 38.6 Å². The minimum Gasteiger partial charge on any atom is -0.303 e. The van der Waals surface area contributed by atoms with Crippen molar-refractivity contribution >= 4 is 6.29 Å². The maximum atomic E-state index is 11.5. The molecule has 2 nitrogen and oxygen atoms in total. The van der Waals surface area contributed by atoms with Crippen LogP contribution in [-0.2, 0) is 4.79 Å². The van der Waals surface area contributed by atoms with Crippen LogP contribution in [0.15, 0.2) is 0 Å². The Morgan fingerprint density at radius 1 is 1.31 bits per heavy atom. The van der Waals surface area contributed by atoms with Gasteiger partial charge in [-0.15, -0.1) is 0 Å². The first kappa shape index (κ1) is 12.1. The molecule has 0 aromatic heterocycles. The predicted molar refractivity (Wildman–Crippen MR) is 66.4 cm³/mol. The zero-order valence-electron chi connectivity index (χ0n) is 10.7. The summed E-state index contributed by atoms with van der Waals surface area (Å²) in [6.45, 7) is 8.03. The monoisotopic (exact) mass is 223 g/mol. The van der Waals surface area contributed by atoms with Crippen molar-refractivity contribution < 1.29 is 4.79 Å². The summed E-state index contributed by atoms with van der Waals surface area (Å²) in [6, 6.07) is 0. The summed E-state index contributed by atoms with van der Waals surface area (Å²) in [5, 5.41) is 0. The summed E-state index contributed by atoms with van der Waals surface area (Å²) in [7, 11) is 0. The second kappa shape index (κ2) is 4.87. The molecule has 1 aliphatic carbocycles. The van der Waals surface area contributed by atoms with Gasteiger partial charge < -0.3 is 9.69 Å².